The standard InChI is InChI=1S/C21H23N3O3/c1-15(25)20-12-19(27-16(20)2)8-9-21(26)22-11-10-17-13-23-24(14-17)18-6-4-3-5-7-18/h3-7,12-14H,8-11H2,1-2H3,(H,22,26). The molecule has 2 aromatic heterocycles. The molecule has 2 heterocycles. The molecule has 6 heteroatoms. The average Bonchev–Trinajstić information content (AvgIpc) is 3.27. The number of hydrogen-bond donors (Lipinski definition) is 1. The molecule has 1 aromatic carbocycles. The van der Waals surface area contributed by atoms with Crippen LogP contribution in [0.4, 0.5) is 0 Å². The lowest BCUT2D eigenvalue weighted by Gasteiger charge is -2.03. The van der Waals surface area contributed by atoms with Gasteiger partial charge in [-0.2, -0.15) is 5.10 Å². The largest absolute Gasteiger partial charge is 0.466 e. The minimum Gasteiger partial charge on any atom is -0.466 e. The van der Waals surface area contributed by atoms with Crippen molar-refractivity contribution in [2.75, 3.05) is 6.54 Å². The Hall–Kier alpha value is -3.15. The molecule has 140 valence electrons. The van der Waals surface area contributed by atoms with E-state index < -0.39 is 0 Å². The number of hydrogen-bond acceptors (Lipinski definition) is 4. The number of carbonyl (C=O) groups is 2. The molecule has 0 radical (unpaired) electrons. The Bertz CT molecular complexity index is 925. The first kappa shape index (κ1) is 18.6. The second-order valence-electron chi connectivity index (χ2n) is 6.47. The summed E-state index contributed by atoms with van der Waals surface area (Å²) in [7, 11) is 0. The maximum absolute atomic E-state index is 12.0. The minimum absolute atomic E-state index is 0.0250. The average molecular weight is 365 g/mol. The zero-order valence-electron chi connectivity index (χ0n) is 15.6. The zero-order chi connectivity index (χ0) is 19.2. The summed E-state index contributed by atoms with van der Waals surface area (Å²) in [6.07, 6.45) is 5.30. The highest BCUT2D eigenvalue weighted by Crippen LogP contribution is 2.16. The number of ketones is 1. The van der Waals surface area contributed by atoms with Crippen LogP contribution in [0.15, 0.2) is 53.2 Å². The van der Waals surface area contributed by atoms with Gasteiger partial charge in [-0.1, -0.05) is 18.2 Å². The van der Waals surface area contributed by atoms with Crippen molar-refractivity contribution in [2.24, 2.45) is 0 Å². The smallest absolute Gasteiger partial charge is 0.220 e. The predicted octanol–water partition coefficient (Wildman–Crippen LogP) is 3.27. The van der Waals surface area contributed by atoms with E-state index in [0.717, 1.165) is 11.3 Å². The van der Waals surface area contributed by atoms with Crippen molar-refractivity contribution in [1.82, 2.24) is 15.1 Å². The van der Waals surface area contributed by atoms with E-state index in [2.05, 4.69) is 10.4 Å². The molecular formula is C21H23N3O3. The Kier molecular flexibility index (Phi) is 5.86. The number of aromatic nitrogens is 2. The lowest BCUT2D eigenvalue weighted by molar-refractivity contribution is -0.121. The van der Waals surface area contributed by atoms with Crippen LogP contribution in [0.3, 0.4) is 0 Å². The summed E-state index contributed by atoms with van der Waals surface area (Å²) in [5.74, 6) is 1.21. The molecular weight excluding hydrogens is 342 g/mol. The maximum Gasteiger partial charge on any atom is 0.220 e. The summed E-state index contributed by atoms with van der Waals surface area (Å²) >= 11 is 0. The number of rotatable bonds is 8. The predicted molar refractivity (Wildman–Crippen MR) is 102 cm³/mol. The second-order valence-corrected chi connectivity index (χ2v) is 6.47. The Morgan fingerprint density at radius 1 is 1.19 bits per heavy atom. The first-order valence-electron chi connectivity index (χ1n) is 8.99. The highest BCUT2D eigenvalue weighted by atomic mass is 16.3. The van der Waals surface area contributed by atoms with Crippen molar-refractivity contribution in [2.45, 2.75) is 33.1 Å². The number of furan rings is 1. The van der Waals surface area contributed by atoms with E-state index in [1.807, 2.05) is 47.4 Å². The number of aryl methyl sites for hydroxylation is 2. The van der Waals surface area contributed by atoms with Crippen LogP contribution < -0.4 is 5.32 Å². The number of benzene rings is 1. The molecule has 0 unspecified atom stereocenters. The minimum atomic E-state index is -0.0381. The van der Waals surface area contributed by atoms with Gasteiger partial charge in [-0.25, -0.2) is 4.68 Å². The maximum atomic E-state index is 12.0. The molecule has 3 rings (SSSR count). The van der Waals surface area contributed by atoms with Crippen LogP contribution >= 0.6 is 0 Å². The number of nitrogens with zero attached hydrogens (tertiary/aromatic N) is 2. The van der Waals surface area contributed by atoms with Gasteiger partial charge in [0.25, 0.3) is 0 Å². The van der Waals surface area contributed by atoms with Crippen molar-refractivity contribution < 1.29 is 14.0 Å². The molecule has 6 nitrogen and oxygen atoms in total. The van der Waals surface area contributed by atoms with Crippen LogP contribution in [0.2, 0.25) is 0 Å². The highest BCUT2D eigenvalue weighted by Gasteiger charge is 2.12. The van der Waals surface area contributed by atoms with Crippen molar-refractivity contribution in [3.63, 3.8) is 0 Å². The Balaban J connectivity index is 1.43. The molecule has 1 N–H and O–H groups in total. The van der Waals surface area contributed by atoms with Crippen LogP contribution in [-0.4, -0.2) is 28.0 Å². The summed E-state index contributed by atoms with van der Waals surface area (Å²) in [4.78, 5) is 23.5. The van der Waals surface area contributed by atoms with E-state index in [9.17, 15) is 9.59 Å². The number of Topliss-reactive ketones (excluding diaryl/α,β-unsaturated/α-hetero) is 1. The summed E-state index contributed by atoms with van der Waals surface area (Å²) in [6, 6.07) is 11.6. The van der Waals surface area contributed by atoms with Gasteiger partial charge in [0.2, 0.25) is 5.91 Å². The van der Waals surface area contributed by atoms with Gasteiger partial charge in [0.05, 0.1) is 17.4 Å². The molecule has 0 aliphatic heterocycles. The van der Waals surface area contributed by atoms with Crippen LogP contribution in [0.25, 0.3) is 5.69 Å². The third kappa shape index (κ3) is 4.94. The van der Waals surface area contributed by atoms with Crippen molar-refractivity contribution in [3.05, 3.63) is 71.4 Å². The third-order valence-corrected chi connectivity index (χ3v) is 4.34. The lowest BCUT2D eigenvalue weighted by atomic mass is 10.1. The quantitative estimate of drug-likeness (QED) is 0.622. The fourth-order valence-corrected chi connectivity index (χ4v) is 2.90. The molecule has 1 amide bonds. The SMILES string of the molecule is CC(=O)c1cc(CCC(=O)NCCc2cnn(-c3ccccc3)c2)oc1C. The molecule has 0 saturated heterocycles. The van der Waals surface area contributed by atoms with Gasteiger partial charge in [0, 0.05) is 25.6 Å². The van der Waals surface area contributed by atoms with Crippen LogP contribution in [0, 0.1) is 6.92 Å². The first-order valence-corrected chi connectivity index (χ1v) is 8.99. The topological polar surface area (TPSA) is 77.1 Å². The van der Waals surface area contributed by atoms with E-state index in [0.29, 0.717) is 42.9 Å². The van der Waals surface area contributed by atoms with Crippen LogP contribution in [0.1, 0.15) is 40.8 Å². The summed E-state index contributed by atoms with van der Waals surface area (Å²) in [5, 5.41) is 7.26. The number of amides is 1. The second kappa shape index (κ2) is 8.49. The van der Waals surface area contributed by atoms with Gasteiger partial charge in [0.15, 0.2) is 5.78 Å². The molecule has 3 aromatic rings. The van der Waals surface area contributed by atoms with Gasteiger partial charge < -0.3 is 9.73 Å². The number of carbonyl (C=O) groups excluding carboxylic acids is 2. The number of nitrogens with one attached hydrogen (secondary N) is 1. The fourth-order valence-electron chi connectivity index (χ4n) is 2.90. The normalized spacial score (nSPS) is 10.7. The van der Waals surface area contributed by atoms with Gasteiger partial charge in [0.1, 0.15) is 11.5 Å². The molecule has 0 atom stereocenters. The number of para-hydroxylation sites is 1. The monoisotopic (exact) mass is 365 g/mol. The van der Waals surface area contributed by atoms with Crippen molar-refractivity contribution >= 4 is 11.7 Å². The molecule has 27 heavy (non-hydrogen) atoms. The van der Waals surface area contributed by atoms with E-state index in [1.165, 1.54) is 6.92 Å². The van der Waals surface area contributed by atoms with Crippen molar-refractivity contribution in [1.29, 1.82) is 0 Å². The molecule has 0 aliphatic carbocycles. The Morgan fingerprint density at radius 2 is 1.96 bits per heavy atom. The van der Waals surface area contributed by atoms with E-state index in [4.69, 9.17) is 4.42 Å². The van der Waals surface area contributed by atoms with Crippen LogP contribution in [-0.2, 0) is 17.6 Å². The molecule has 0 aliphatic rings. The van der Waals surface area contributed by atoms with E-state index in [-0.39, 0.29) is 11.7 Å². The molecule has 0 spiro atoms. The Morgan fingerprint density at radius 3 is 2.67 bits per heavy atom. The summed E-state index contributed by atoms with van der Waals surface area (Å²) < 4.78 is 7.36. The fraction of sp³-hybridized carbons (Fsp3) is 0.286. The first-order chi connectivity index (χ1) is 13.0. The van der Waals surface area contributed by atoms with Gasteiger partial charge in [-0.15, -0.1) is 0 Å². The van der Waals surface area contributed by atoms with Gasteiger partial charge >= 0.3 is 0 Å². The van der Waals surface area contributed by atoms with Gasteiger partial charge in [-0.3, -0.25) is 9.59 Å². The van der Waals surface area contributed by atoms with E-state index in [1.54, 1.807) is 13.0 Å². The van der Waals surface area contributed by atoms with Gasteiger partial charge in [-0.05, 0) is 44.0 Å². The summed E-state index contributed by atoms with van der Waals surface area (Å²) in [5.41, 5.74) is 2.65. The van der Waals surface area contributed by atoms with Crippen LogP contribution in [0.5, 0.6) is 0 Å². The lowest BCUT2D eigenvalue weighted by Crippen LogP contribution is -2.25. The molecule has 0 bridgehead atoms. The van der Waals surface area contributed by atoms with E-state index >= 15 is 0 Å². The zero-order valence-corrected chi connectivity index (χ0v) is 15.6. The van der Waals surface area contributed by atoms with Crippen molar-refractivity contribution in [3.8, 4) is 5.69 Å². The Labute approximate surface area is 158 Å². The molecule has 0 saturated carbocycles. The highest BCUT2D eigenvalue weighted by molar-refractivity contribution is 5.95. The molecule has 0 fully saturated rings. The third-order valence-electron chi connectivity index (χ3n) is 4.34. The summed E-state index contributed by atoms with van der Waals surface area (Å²) in [6.45, 7) is 3.82.